The summed E-state index contributed by atoms with van der Waals surface area (Å²) in [5, 5.41) is 1.72. The van der Waals surface area contributed by atoms with Gasteiger partial charge in [0.1, 0.15) is 16.6 Å². The van der Waals surface area contributed by atoms with Gasteiger partial charge in [-0.1, -0.05) is 11.6 Å². The highest BCUT2D eigenvalue weighted by molar-refractivity contribution is 6.29. The molecule has 106 valence electrons. The van der Waals surface area contributed by atoms with Crippen LogP contribution >= 0.6 is 11.6 Å². The molecule has 0 aromatic carbocycles. The smallest absolute Gasteiger partial charge is 0.416 e. The van der Waals surface area contributed by atoms with E-state index in [1.165, 1.54) is 0 Å². The number of rotatable bonds is 1. The van der Waals surface area contributed by atoms with Gasteiger partial charge in [-0.05, 0) is 32.9 Å². The quantitative estimate of drug-likeness (QED) is 0.794. The van der Waals surface area contributed by atoms with Crippen LogP contribution in [0, 0.1) is 0 Å². The van der Waals surface area contributed by atoms with Gasteiger partial charge in [0, 0.05) is 0 Å². The summed E-state index contributed by atoms with van der Waals surface area (Å²) in [5.41, 5.74) is -1.77. The highest BCUT2D eigenvalue weighted by Crippen LogP contribution is 2.32. The molecule has 0 saturated heterocycles. The third-order valence-electron chi connectivity index (χ3n) is 1.75. The zero-order valence-electron chi connectivity index (χ0n) is 10.4. The molecule has 0 spiro atoms. The minimum absolute atomic E-state index is 0.325. The van der Waals surface area contributed by atoms with Gasteiger partial charge in [-0.15, -0.1) is 0 Å². The van der Waals surface area contributed by atoms with Gasteiger partial charge < -0.3 is 4.74 Å². The third-order valence-corrected chi connectivity index (χ3v) is 1.94. The van der Waals surface area contributed by atoms with Crippen molar-refractivity contribution in [3.63, 3.8) is 0 Å². The Hall–Kier alpha value is -1.50. The molecule has 0 atom stereocenters. The van der Waals surface area contributed by atoms with Crippen molar-refractivity contribution in [1.82, 2.24) is 4.98 Å². The molecule has 1 aromatic rings. The minimum atomic E-state index is -4.57. The lowest BCUT2D eigenvalue weighted by atomic mass is 10.2. The second-order valence-electron chi connectivity index (χ2n) is 4.69. The van der Waals surface area contributed by atoms with Crippen molar-refractivity contribution in [3.8, 4) is 0 Å². The first-order chi connectivity index (χ1) is 8.47. The van der Waals surface area contributed by atoms with Crippen LogP contribution in [0.5, 0.6) is 0 Å². The molecule has 0 fully saturated rings. The Labute approximate surface area is 112 Å². The summed E-state index contributed by atoms with van der Waals surface area (Å²) in [7, 11) is 0. The van der Waals surface area contributed by atoms with Crippen molar-refractivity contribution in [3.05, 3.63) is 22.8 Å². The molecule has 0 aliphatic rings. The van der Waals surface area contributed by atoms with Gasteiger partial charge in [0.15, 0.2) is 0 Å². The molecule has 1 rings (SSSR count). The van der Waals surface area contributed by atoms with Crippen molar-refractivity contribution >= 4 is 23.5 Å². The van der Waals surface area contributed by atoms with E-state index < -0.39 is 23.4 Å². The number of amides is 1. The fraction of sp³-hybridized carbons (Fsp3) is 0.455. The number of carbonyl (C=O) groups excluding carboxylic acids is 1. The van der Waals surface area contributed by atoms with Gasteiger partial charge in [-0.3, -0.25) is 5.32 Å². The minimum Gasteiger partial charge on any atom is -0.444 e. The molecular weight excluding hydrogens is 285 g/mol. The molecule has 8 heteroatoms. The van der Waals surface area contributed by atoms with Crippen LogP contribution in [0.4, 0.5) is 23.8 Å². The predicted octanol–water partition coefficient (Wildman–Crippen LogP) is 4.10. The molecule has 0 aliphatic heterocycles. The summed E-state index contributed by atoms with van der Waals surface area (Å²) in [6, 6.07) is 1.34. The van der Waals surface area contributed by atoms with E-state index >= 15 is 0 Å². The Morgan fingerprint density at radius 2 is 1.89 bits per heavy atom. The fourth-order valence-corrected chi connectivity index (χ4v) is 1.34. The lowest BCUT2D eigenvalue weighted by molar-refractivity contribution is -0.137. The molecule has 19 heavy (non-hydrogen) atoms. The first-order valence-electron chi connectivity index (χ1n) is 5.22. The summed E-state index contributed by atoms with van der Waals surface area (Å²) in [6.45, 7) is 4.87. The molecule has 0 radical (unpaired) electrons. The average molecular weight is 297 g/mol. The number of hydrogen-bond donors (Lipinski definition) is 1. The third kappa shape index (κ3) is 5.34. The highest BCUT2D eigenvalue weighted by atomic mass is 35.5. The summed E-state index contributed by atoms with van der Waals surface area (Å²) >= 11 is 5.47. The second-order valence-corrected chi connectivity index (χ2v) is 5.08. The van der Waals surface area contributed by atoms with Crippen LogP contribution in [0.1, 0.15) is 26.3 Å². The predicted molar refractivity (Wildman–Crippen MR) is 64.1 cm³/mol. The Morgan fingerprint density at radius 3 is 2.37 bits per heavy atom. The molecular formula is C11H12ClF3N2O2. The van der Waals surface area contributed by atoms with E-state index in [1.54, 1.807) is 20.8 Å². The van der Waals surface area contributed by atoms with Crippen molar-refractivity contribution in [2.24, 2.45) is 0 Å². The number of halogens is 4. The van der Waals surface area contributed by atoms with Gasteiger partial charge in [0.25, 0.3) is 0 Å². The number of ether oxygens (including phenoxy) is 1. The number of nitrogens with one attached hydrogen (secondary N) is 1. The lowest BCUT2D eigenvalue weighted by Crippen LogP contribution is -2.27. The van der Waals surface area contributed by atoms with Crippen LogP contribution in [0.25, 0.3) is 0 Å². The Kier molecular flexibility index (Phi) is 4.29. The van der Waals surface area contributed by atoms with E-state index in [9.17, 15) is 18.0 Å². The largest absolute Gasteiger partial charge is 0.444 e. The van der Waals surface area contributed by atoms with Gasteiger partial charge in [0.2, 0.25) is 0 Å². The molecule has 0 bridgehead atoms. The average Bonchev–Trinajstić information content (AvgIpc) is 2.11. The van der Waals surface area contributed by atoms with E-state index in [-0.39, 0.29) is 11.0 Å². The molecule has 0 aliphatic carbocycles. The maximum absolute atomic E-state index is 12.5. The van der Waals surface area contributed by atoms with Crippen molar-refractivity contribution in [1.29, 1.82) is 0 Å². The summed E-state index contributed by atoms with van der Waals surface area (Å²) in [4.78, 5) is 15.0. The highest BCUT2D eigenvalue weighted by Gasteiger charge is 2.31. The zero-order valence-corrected chi connectivity index (χ0v) is 11.2. The van der Waals surface area contributed by atoms with Gasteiger partial charge in [0.05, 0.1) is 5.56 Å². The van der Waals surface area contributed by atoms with E-state index in [2.05, 4.69) is 10.3 Å². The van der Waals surface area contributed by atoms with E-state index in [1.807, 2.05) is 0 Å². The number of anilines is 1. The molecule has 4 nitrogen and oxygen atoms in total. The standard InChI is InChI=1S/C11H12ClF3N2O2/c1-10(2,3)19-9(18)17-8-5-6(11(13,14)15)4-7(12)16-8/h4-5H,1-3H3,(H,16,17,18). The summed E-state index contributed by atoms with van der Waals surface area (Å²) < 4.78 is 42.5. The zero-order chi connectivity index (χ0) is 14.8. The van der Waals surface area contributed by atoms with E-state index in [0.29, 0.717) is 12.1 Å². The van der Waals surface area contributed by atoms with Crippen LogP contribution in [0.3, 0.4) is 0 Å². The second kappa shape index (κ2) is 5.24. The van der Waals surface area contributed by atoms with Gasteiger partial charge in [-0.25, -0.2) is 9.78 Å². The van der Waals surface area contributed by atoms with Crippen LogP contribution in [-0.4, -0.2) is 16.7 Å². The SMILES string of the molecule is CC(C)(C)OC(=O)Nc1cc(C(F)(F)F)cc(Cl)n1. The van der Waals surface area contributed by atoms with Crippen LogP contribution in [0.2, 0.25) is 5.15 Å². The van der Waals surface area contributed by atoms with Crippen LogP contribution in [0.15, 0.2) is 12.1 Å². The maximum atomic E-state index is 12.5. The van der Waals surface area contributed by atoms with Gasteiger partial charge in [-0.2, -0.15) is 13.2 Å². The number of carbonyl (C=O) groups is 1. The van der Waals surface area contributed by atoms with Crippen LogP contribution in [-0.2, 0) is 10.9 Å². The molecule has 0 saturated carbocycles. The Balaban J connectivity index is 2.91. The first kappa shape index (κ1) is 15.6. The van der Waals surface area contributed by atoms with Crippen molar-refractivity contribution in [2.45, 2.75) is 32.5 Å². The Bertz CT molecular complexity index is 484. The number of nitrogens with zero attached hydrogens (tertiary/aromatic N) is 1. The van der Waals surface area contributed by atoms with Crippen LogP contribution < -0.4 is 5.32 Å². The fourth-order valence-electron chi connectivity index (χ4n) is 1.13. The number of hydrogen-bond acceptors (Lipinski definition) is 3. The summed E-state index contributed by atoms with van der Waals surface area (Å²) in [5.74, 6) is -0.325. The number of aromatic nitrogens is 1. The molecule has 1 N–H and O–H groups in total. The molecule has 0 unspecified atom stereocenters. The molecule has 1 amide bonds. The lowest BCUT2D eigenvalue weighted by Gasteiger charge is -2.19. The maximum Gasteiger partial charge on any atom is 0.416 e. The summed E-state index contributed by atoms with van der Waals surface area (Å²) in [6.07, 6.45) is -5.48. The van der Waals surface area contributed by atoms with E-state index in [0.717, 1.165) is 0 Å². The number of alkyl halides is 3. The number of pyridine rings is 1. The molecule has 1 heterocycles. The Morgan fingerprint density at radius 1 is 1.32 bits per heavy atom. The van der Waals surface area contributed by atoms with Crippen molar-refractivity contribution < 1.29 is 22.7 Å². The van der Waals surface area contributed by atoms with Gasteiger partial charge >= 0.3 is 12.3 Å². The van der Waals surface area contributed by atoms with E-state index in [4.69, 9.17) is 16.3 Å². The molecule has 1 aromatic heterocycles. The topological polar surface area (TPSA) is 51.2 Å². The van der Waals surface area contributed by atoms with Crippen molar-refractivity contribution in [2.75, 3.05) is 5.32 Å². The monoisotopic (exact) mass is 296 g/mol. The normalized spacial score (nSPS) is 12.2. The first-order valence-corrected chi connectivity index (χ1v) is 5.60.